The fraction of sp³-hybridized carbons (Fsp3) is 0.333. The van der Waals surface area contributed by atoms with Gasteiger partial charge in [-0.1, -0.05) is 30.3 Å². The molecule has 92 valence electrons. The Labute approximate surface area is 99.6 Å². The van der Waals surface area contributed by atoms with Crippen molar-refractivity contribution in [1.29, 1.82) is 0 Å². The predicted molar refractivity (Wildman–Crippen MR) is 63.2 cm³/mol. The third-order valence-corrected chi connectivity index (χ3v) is 2.50. The average molecular weight is 236 g/mol. The molecule has 5 heteroatoms. The number of nitrogens with one attached hydrogen (secondary N) is 1. The van der Waals surface area contributed by atoms with Crippen molar-refractivity contribution < 1.29 is 14.7 Å². The molecule has 0 saturated carbocycles. The van der Waals surface area contributed by atoms with E-state index in [4.69, 9.17) is 10.8 Å². The van der Waals surface area contributed by atoms with Crippen LogP contribution in [0.2, 0.25) is 0 Å². The number of nitrogens with two attached hydrogens (primary N) is 1. The molecule has 0 radical (unpaired) electrons. The number of rotatable bonds is 5. The van der Waals surface area contributed by atoms with Crippen LogP contribution in [0.1, 0.15) is 25.5 Å². The highest BCUT2D eigenvalue weighted by Crippen LogP contribution is 2.16. The molecule has 1 unspecified atom stereocenters. The molecule has 1 aromatic carbocycles. The van der Waals surface area contributed by atoms with E-state index in [1.54, 1.807) is 44.2 Å². The Bertz CT molecular complexity index is 415. The highest BCUT2D eigenvalue weighted by molar-refractivity contribution is 5.85. The van der Waals surface area contributed by atoms with E-state index in [0.29, 0.717) is 5.56 Å². The maximum Gasteiger partial charge on any atom is 0.325 e. The number of carbonyl (C=O) groups is 2. The Morgan fingerprint density at radius 1 is 1.29 bits per heavy atom. The van der Waals surface area contributed by atoms with Crippen molar-refractivity contribution in [2.45, 2.75) is 25.4 Å². The summed E-state index contributed by atoms with van der Waals surface area (Å²) in [7, 11) is 0. The summed E-state index contributed by atoms with van der Waals surface area (Å²) in [5, 5.41) is 11.9. The van der Waals surface area contributed by atoms with E-state index in [1.165, 1.54) is 0 Å². The van der Waals surface area contributed by atoms with Gasteiger partial charge in [-0.2, -0.15) is 0 Å². The molecular weight excluding hydrogens is 220 g/mol. The zero-order valence-corrected chi connectivity index (χ0v) is 9.81. The number of primary amides is 1. The third kappa shape index (κ3) is 3.29. The first-order valence-corrected chi connectivity index (χ1v) is 5.20. The van der Waals surface area contributed by atoms with E-state index < -0.39 is 23.5 Å². The van der Waals surface area contributed by atoms with E-state index in [1.807, 2.05) is 0 Å². The van der Waals surface area contributed by atoms with Gasteiger partial charge in [0.05, 0.1) is 5.54 Å². The monoisotopic (exact) mass is 236 g/mol. The minimum atomic E-state index is -1.08. The molecule has 4 N–H and O–H groups in total. The van der Waals surface area contributed by atoms with Gasteiger partial charge < -0.3 is 10.8 Å². The van der Waals surface area contributed by atoms with Gasteiger partial charge in [0.2, 0.25) is 5.91 Å². The quantitative estimate of drug-likeness (QED) is 0.700. The molecule has 0 heterocycles. The van der Waals surface area contributed by atoms with Crippen LogP contribution in [0.4, 0.5) is 0 Å². The predicted octanol–water partition coefficient (Wildman–Crippen LogP) is 0.666. The molecule has 1 rings (SSSR count). The highest BCUT2D eigenvalue weighted by atomic mass is 16.4. The van der Waals surface area contributed by atoms with Crippen LogP contribution in [0.5, 0.6) is 0 Å². The van der Waals surface area contributed by atoms with Crippen LogP contribution >= 0.6 is 0 Å². The number of benzene rings is 1. The second-order valence-corrected chi connectivity index (χ2v) is 4.32. The first kappa shape index (κ1) is 13.2. The number of carboxylic acids is 1. The minimum absolute atomic E-state index is 0.578. The number of hydrogen-bond donors (Lipinski definition) is 3. The average Bonchev–Trinajstić information content (AvgIpc) is 2.26. The van der Waals surface area contributed by atoms with Crippen LogP contribution < -0.4 is 11.1 Å². The molecule has 1 amide bonds. The zero-order valence-electron chi connectivity index (χ0n) is 9.81. The standard InChI is InChI=1S/C12H16N2O3/c1-12(2,11(13)17)14-9(10(15)16)8-6-4-3-5-7-8/h3-7,9,14H,1-2H3,(H2,13,17)(H,15,16). The smallest absolute Gasteiger partial charge is 0.325 e. The fourth-order valence-electron chi connectivity index (χ4n) is 1.37. The SMILES string of the molecule is CC(C)(NC(C(=O)O)c1ccccc1)C(N)=O. The molecule has 0 bridgehead atoms. The van der Waals surface area contributed by atoms with Gasteiger partial charge in [-0.25, -0.2) is 0 Å². The topological polar surface area (TPSA) is 92.4 Å². The number of carboxylic acid groups (broad SMARTS) is 1. The van der Waals surface area contributed by atoms with Crippen LogP contribution in [0.3, 0.4) is 0 Å². The molecule has 0 aliphatic carbocycles. The summed E-state index contributed by atoms with van der Waals surface area (Å²) in [5.41, 5.74) is 4.70. The van der Waals surface area contributed by atoms with Crippen LogP contribution in [-0.4, -0.2) is 22.5 Å². The summed E-state index contributed by atoms with van der Waals surface area (Å²) in [4.78, 5) is 22.4. The van der Waals surface area contributed by atoms with E-state index in [-0.39, 0.29) is 0 Å². The number of hydrogen-bond acceptors (Lipinski definition) is 3. The number of aliphatic carboxylic acids is 1. The van der Waals surface area contributed by atoms with Gasteiger partial charge >= 0.3 is 5.97 Å². The van der Waals surface area contributed by atoms with Crippen molar-refractivity contribution in [3.63, 3.8) is 0 Å². The van der Waals surface area contributed by atoms with Gasteiger partial charge in [-0.3, -0.25) is 14.9 Å². The van der Waals surface area contributed by atoms with Crippen molar-refractivity contribution in [2.24, 2.45) is 5.73 Å². The number of carbonyl (C=O) groups excluding carboxylic acids is 1. The van der Waals surface area contributed by atoms with Gasteiger partial charge in [-0.05, 0) is 19.4 Å². The van der Waals surface area contributed by atoms with Crippen molar-refractivity contribution in [3.8, 4) is 0 Å². The molecule has 5 nitrogen and oxygen atoms in total. The Morgan fingerprint density at radius 3 is 2.24 bits per heavy atom. The molecule has 1 aromatic rings. The Morgan fingerprint density at radius 2 is 1.82 bits per heavy atom. The summed E-state index contributed by atoms with van der Waals surface area (Å²) >= 11 is 0. The molecule has 0 aromatic heterocycles. The lowest BCUT2D eigenvalue weighted by atomic mass is 9.99. The van der Waals surface area contributed by atoms with Crippen molar-refractivity contribution in [1.82, 2.24) is 5.32 Å². The molecule has 0 spiro atoms. The van der Waals surface area contributed by atoms with Gasteiger partial charge in [0, 0.05) is 0 Å². The second-order valence-electron chi connectivity index (χ2n) is 4.32. The Hall–Kier alpha value is -1.88. The maximum atomic E-state index is 11.2. The van der Waals surface area contributed by atoms with Gasteiger partial charge in [0.15, 0.2) is 0 Å². The summed E-state index contributed by atoms with van der Waals surface area (Å²) in [5.74, 6) is -1.65. The molecular formula is C12H16N2O3. The molecule has 0 aliphatic rings. The Kier molecular flexibility index (Phi) is 3.85. The van der Waals surface area contributed by atoms with E-state index in [2.05, 4.69) is 5.32 Å². The summed E-state index contributed by atoms with van der Waals surface area (Å²) in [6.45, 7) is 3.10. The summed E-state index contributed by atoms with van der Waals surface area (Å²) in [6, 6.07) is 7.68. The first-order valence-electron chi connectivity index (χ1n) is 5.20. The van der Waals surface area contributed by atoms with E-state index in [9.17, 15) is 9.59 Å². The molecule has 1 atom stereocenters. The Balaban J connectivity index is 2.97. The van der Waals surface area contributed by atoms with Crippen molar-refractivity contribution >= 4 is 11.9 Å². The van der Waals surface area contributed by atoms with Crippen LogP contribution in [-0.2, 0) is 9.59 Å². The highest BCUT2D eigenvalue weighted by Gasteiger charge is 2.31. The lowest BCUT2D eigenvalue weighted by molar-refractivity contribution is -0.140. The molecule has 17 heavy (non-hydrogen) atoms. The fourth-order valence-corrected chi connectivity index (χ4v) is 1.37. The first-order chi connectivity index (χ1) is 7.84. The lowest BCUT2D eigenvalue weighted by Crippen LogP contribution is -2.53. The molecule has 0 aliphatic heterocycles. The zero-order chi connectivity index (χ0) is 13.1. The maximum absolute atomic E-state index is 11.2. The van der Waals surface area contributed by atoms with Crippen molar-refractivity contribution in [2.75, 3.05) is 0 Å². The summed E-state index contributed by atoms with van der Waals surface area (Å²) < 4.78 is 0. The van der Waals surface area contributed by atoms with Gasteiger partial charge in [0.1, 0.15) is 6.04 Å². The second kappa shape index (κ2) is 4.97. The van der Waals surface area contributed by atoms with Crippen LogP contribution in [0, 0.1) is 0 Å². The van der Waals surface area contributed by atoms with Crippen LogP contribution in [0.15, 0.2) is 30.3 Å². The number of amides is 1. The lowest BCUT2D eigenvalue weighted by Gasteiger charge is -2.27. The third-order valence-electron chi connectivity index (χ3n) is 2.50. The molecule has 0 saturated heterocycles. The van der Waals surface area contributed by atoms with E-state index in [0.717, 1.165) is 0 Å². The summed E-state index contributed by atoms with van der Waals surface area (Å²) in [6.07, 6.45) is 0. The van der Waals surface area contributed by atoms with Crippen molar-refractivity contribution in [3.05, 3.63) is 35.9 Å². The van der Waals surface area contributed by atoms with Gasteiger partial charge in [0.25, 0.3) is 0 Å². The normalized spacial score (nSPS) is 13.1. The minimum Gasteiger partial charge on any atom is -0.480 e. The largest absolute Gasteiger partial charge is 0.480 e. The molecule has 0 fully saturated rings. The van der Waals surface area contributed by atoms with E-state index >= 15 is 0 Å². The van der Waals surface area contributed by atoms with Gasteiger partial charge in [-0.15, -0.1) is 0 Å². The van der Waals surface area contributed by atoms with Crippen LogP contribution in [0.25, 0.3) is 0 Å².